The molecule has 1 atom stereocenters. The van der Waals surface area contributed by atoms with E-state index in [2.05, 4.69) is 0 Å². The first-order valence-electron chi connectivity index (χ1n) is 10.2. The third-order valence-corrected chi connectivity index (χ3v) is 7.63. The molecule has 0 saturated heterocycles. The summed E-state index contributed by atoms with van der Waals surface area (Å²) in [5.41, 5.74) is 2.53. The molecule has 3 aromatic rings. The average molecular weight is 456 g/mol. The van der Waals surface area contributed by atoms with Crippen molar-refractivity contribution >= 4 is 26.9 Å². The van der Waals surface area contributed by atoms with Gasteiger partial charge in [0.25, 0.3) is 5.91 Å². The van der Waals surface area contributed by atoms with Crippen LogP contribution in [0.25, 0.3) is 11.0 Å². The van der Waals surface area contributed by atoms with Gasteiger partial charge in [0.15, 0.2) is 6.10 Å². The van der Waals surface area contributed by atoms with Gasteiger partial charge in [-0.15, -0.1) is 0 Å². The summed E-state index contributed by atoms with van der Waals surface area (Å²) in [6.07, 6.45) is 0.793. The molecule has 2 aliphatic heterocycles. The Balaban J connectivity index is 1.22. The van der Waals surface area contributed by atoms with E-state index in [9.17, 15) is 17.6 Å². The van der Waals surface area contributed by atoms with Crippen LogP contribution in [-0.2, 0) is 14.8 Å². The second-order valence-electron chi connectivity index (χ2n) is 8.01. The van der Waals surface area contributed by atoms with Gasteiger partial charge in [-0.3, -0.25) is 4.79 Å². The second-order valence-corrected chi connectivity index (χ2v) is 9.95. The van der Waals surface area contributed by atoms with Gasteiger partial charge in [-0.1, -0.05) is 0 Å². The molecule has 0 radical (unpaired) electrons. The molecule has 2 aromatic carbocycles. The standard InChI is InChI=1S/C23H21FN2O5S/c1-15(31-20-4-2-19(24)3-5-20)23(27)25-11-17-13-26(14-18(17)12-25)32(28,29)21-6-7-22-16(10-21)8-9-30-22/h2-10,15H,11-14H2,1H3. The van der Waals surface area contributed by atoms with Crippen molar-refractivity contribution in [3.63, 3.8) is 0 Å². The topological polar surface area (TPSA) is 80.1 Å². The summed E-state index contributed by atoms with van der Waals surface area (Å²) in [7, 11) is -3.66. The zero-order valence-corrected chi connectivity index (χ0v) is 18.1. The fourth-order valence-corrected chi connectivity index (χ4v) is 5.62. The highest BCUT2D eigenvalue weighted by Gasteiger charge is 2.38. The smallest absolute Gasteiger partial charge is 0.263 e. The third-order valence-electron chi connectivity index (χ3n) is 5.85. The van der Waals surface area contributed by atoms with Crippen molar-refractivity contribution in [3.05, 3.63) is 71.8 Å². The van der Waals surface area contributed by atoms with Gasteiger partial charge in [-0.2, -0.15) is 4.31 Å². The summed E-state index contributed by atoms with van der Waals surface area (Å²) >= 11 is 0. The molecule has 0 N–H and O–H groups in total. The Hall–Kier alpha value is -3.17. The van der Waals surface area contributed by atoms with Crippen LogP contribution in [0.15, 0.2) is 75.3 Å². The van der Waals surface area contributed by atoms with Gasteiger partial charge < -0.3 is 14.1 Å². The molecule has 3 heterocycles. The van der Waals surface area contributed by atoms with E-state index in [1.54, 1.807) is 36.1 Å². The molecule has 1 aromatic heterocycles. The zero-order valence-electron chi connectivity index (χ0n) is 17.3. The predicted octanol–water partition coefficient (Wildman–Crippen LogP) is 3.18. The van der Waals surface area contributed by atoms with Gasteiger partial charge >= 0.3 is 0 Å². The quantitative estimate of drug-likeness (QED) is 0.551. The molecular weight excluding hydrogens is 435 g/mol. The van der Waals surface area contributed by atoms with Crippen LogP contribution in [-0.4, -0.2) is 55.8 Å². The summed E-state index contributed by atoms with van der Waals surface area (Å²) in [6, 6.07) is 12.1. The van der Waals surface area contributed by atoms with E-state index in [0.29, 0.717) is 24.4 Å². The number of amides is 1. The number of ether oxygens (including phenoxy) is 1. The van der Waals surface area contributed by atoms with Crippen molar-refractivity contribution in [3.8, 4) is 5.75 Å². The van der Waals surface area contributed by atoms with E-state index < -0.39 is 16.1 Å². The second kappa shape index (κ2) is 7.75. The highest BCUT2D eigenvalue weighted by atomic mass is 32.2. The lowest BCUT2D eigenvalue weighted by atomic mass is 10.2. The zero-order chi connectivity index (χ0) is 22.5. The molecule has 7 nitrogen and oxygen atoms in total. The van der Waals surface area contributed by atoms with Crippen LogP contribution < -0.4 is 4.74 Å². The normalized spacial score (nSPS) is 17.8. The van der Waals surface area contributed by atoms with Crippen LogP contribution in [0.1, 0.15) is 6.92 Å². The molecule has 32 heavy (non-hydrogen) atoms. The molecule has 1 amide bonds. The van der Waals surface area contributed by atoms with E-state index in [0.717, 1.165) is 16.5 Å². The van der Waals surface area contributed by atoms with E-state index in [1.807, 2.05) is 0 Å². The molecule has 2 aliphatic rings. The Morgan fingerprint density at radius 3 is 2.41 bits per heavy atom. The van der Waals surface area contributed by atoms with Crippen molar-refractivity contribution in [2.75, 3.05) is 26.2 Å². The Morgan fingerprint density at radius 1 is 1.03 bits per heavy atom. The first-order valence-corrected chi connectivity index (χ1v) is 11.6. The molecule has 0 saturated carbocycles. The third kappa shape index (κ3) is 3.67. The average Bonchev–Trinajstić information content (AvgIpc) is 3.49. The SMILES string of the molecule is CC(Oc1ccc(F)cc1)C(=O)N1CC2=C(C1)CN(S(=O)(=O)c1ccc3occc3c1)C2. The van der Waals surface area contributed by atoms with E-state index >= 15 is 0 Å². The van der Waals surface area contributed by atoms with Crippen LogP contribution in [0, 0.1) is 5.82 Å². The summed E-state index contributed by atoms with van der Waals surface area (Å²) in [5, 5.41) is 0.734. The maximum atomic E-state index is 13.1. The summed E-state index contributed by atoms with van der Waals surface area (Å²) in [4.78, 5) is 14.7. The molecule has 0 aliphatic carbocycles. The van der Waals surface area contributed by atoms with Gasteiger partial charge in [0.1, 0.15) is 17.1 Å². The van der Waals surface area contributed by atoms with E-state index in [1.165, 1.54) is 34.8 Å². The molecule has 1 unspecified atom stereocenters. The van der Waals surface area contributed by atoms with Crippen LogP contribution in [0.2, 0.25) is 0 Å². The van der Waals surface area contributed by atoms with Crippen molar-refractivity contribution in [1.29, 1.82) is 0 Å². The number of hydrogen-bond donors (Lipinski definition) is 0. The summed E-state index contributed by atoms with van der Waals surface area (Å²) in [5.74, 6) is -0.150. The van der Waals surface area contributed by atoms with Gasteiger partial charge in [-0.05, 0) is 66.6 Å². The van der Waals surface area contributed by atoms with Gasteiger partial charge in [0.2, 0.25) is 10.0 Å². The minimum absolute atomic E-state index is 0.191. The van der Waals surface area contributed by atoms with E-state index in [4.69, 9.17) is 9.15 Å². The van der Waals surface area contributed by atoms with Crippen molar-refractivity contribution in [2.24, 2.45) is 0 Å². The number of rotatable bonds is 5. The molecular formula is C23H21FN2O5S. The van der Waals surface area contributed by atoms with Crippen molar-refractivity contribution in [2.45, 2.75) is 17.9 Å². The minimum Gasteiger partial charge on any atom is -0.481 e. The number of halogens is 1. The van der Waals surface area contributed by atoms with Gasteiger partial charge in [-0.25, -0.2) is 12.8 Å². The number of furan rings is 1. The number of fused-ring (bicyclic) bond motifs is 1. The molecule has 9 heteroatoms. The molecule has 0 fully saturated rings. The van der Waals surface area contributed by atoms with Crippen LogP contribution in [0.5, 0.6) is 5.75 Å². The summed E-state index contributed by atoms with van der Waals surface area (Å²) in [6.45, 7) is 2.92. The Kier molecular flexibility index (Phi) is 5.02. The Labute approximate surface area is 184 Å². The summed E-state index contributed by atoms with van der Waals surface area (Å²) < 4.78 is 51.7. The Morgan fingerprint density at radius 2 is 1.72 bits per heavy atom. The fourth-order valence-electron chi connectivity index (χ4n) is 4.15. The minimum atomic E-state index is -3.66. The number of hydrogen-bond acceptors (Lipinski definition) is 5. The first-order chi connectivity index (χ1) is 15.3. The molecule has 5 rings (SSSR count). The molecule has 0 bridgehead atoms. The van der Waals surface area contributed by atoms with Gasteiger partial charge in [0.05, 0.1) is 11.2 Å². The highest BCUT2D eigenvalue weighted by Crippen LogP contribution is 2.31. The number of sulfonamides is 1. The highest BCUT2D eigenvalue weighted by molar-refractivity contribution is 7.89. The van der Waals surface area contributed by atoms with Gasteiger partial charge in [0, 0.05) is 31.6 Å². The number of carbonyl (C=O) groups excluding carboxylic acids is 1. The van der Waals surface area contributed by atoms with Crippen LogP contribution in [0.4, 0.5) is 4.39 Å². The molecule has 166 valence electrons. The number of benzene rings is 2. The fraction of sp³-hybridized carbons (Fsp3) is 0.261. The van der Waals surface area contributed by atoms with Crippen LogP contribution in [0.3, 0.4) is 0 Å². The number of nitrogens with zero attached hydrogens (tertiary/aromatic N) is 2. The lowest BCUT2D eigenvalue weighted by molar-refractivity contribution is -0.136. The molecule has 0 spiro atoms. The first kappa shape index (κ1) is 20.7. The predicted molar refractivity (Wildman–Crippen MR) is 115 cm³/mol. The monoisotopic (exact) mass is 456 g/mol. The lowest BCUT2D eigenvalue weighted by Gasteiger charge is -2.25. The van der Waals surface area contributed by atoms with Crippen molar-refractivity contribution in [1.82, 2.24) is 9.21 Å². The lowest BCUT2D eigenvalue weighted by Crippen LogP contribution is -2.42. The van der Waals surface area contributed by atoms with Crippen LogP contribution >= 0.6 is 0 Å². The van der Waals surface area contributed by atoms with E-state index in [-0.39, 0.29) is 29.7 Å². The maximum Gasteiger partial charge on any atom is 0.263 e. The Bertz CT molecular complexity index is 1310. The van der Waals surface area contributed by atoms with Crippen molar-refractivity contribution < 1.29 is 26.8 Å². The largest absolute Gasteiger partial charge is 0.481 e. The maximum absolute atomic E-state index is 13.1. The number of carbonyl (C=O) groups is 1.